The summed E-state index contributed by atoms with van der Waals surface area (Å²) in [6, 6.07) is 19.2. The Morgan fingerprint density at radius 3 is 2.50 bits per heavy atom. The second kappa shape index (κ2) is 5.53. The van der Waals surface area contributed by atoms with Gasteiger partial charge in [-0.05, 0) is 42.5 Å². The minimum absolute atomic E-state index is 0.177. The van der Waals surface area contributed by atoms with E-state index in [1.165, 1.54) is 24.0 Å². The monoisotopic (exact) mass is 293 g/mol. The van der Waals surface area contributed by atoms with Gasteiger partial charge in [-0.1, -0.05) is 61.0 Å². The van der Waals surface area contributed by atoms with E-state index in [1.807, 2.05) is 0 Å². The summed E-state index contributed by atoms with van der Waals surface area (Å²) >= 11 is 0. The Hall–Kier alpha value is -1.64. The predicted octanol–water partition coefficient (Wildman–Crippen LogP) is 3.55. The van der Waals surface area contributed by atoms with E-state index in [-0.39, 0.29) is 6.04 Å². The highest BCUT2D eigenvalue weighted by molar-refractivity contribution is 5.47. The molecule has 3 atom stereocenters. The maximum absolute atomic E-state index is 11.5. The normalized spacial score (nSPS) is 31.0. The highest BCUT2D eigenvalue weighted by Gasteiger charge is 2.47. The summed E-state index contributed by atoms with van der Waals surface area (Å²) in [6.45, 7) is 1.02. The highest BCUT2D eigenvalue weighted by Crippen LogP contribution is 2.50. The molecular weight excluding hydrogens is 270 g/mol. The molecule has 2 aromatic carbocycles. The van der Waals surface area contributed by atoms with Crippen LogP contribution in [0.3, 0.4) is 0 Å². The first kappa shape index (κ1) is 14.0. The Kier molecular flexibility index (Phi) is 3.51. The molecule has 1 aliphatic carbocycles. The average Bonchev–Trinajstić information content (AvgIpc) is 2.91. The Bertz CT molecular complexity index is 648. The van der Waals surface area contributed by atoms with Gasteiger partial charge in [0.1, 0.15) is 5.60 Å². The number of hydrogen-bond acceptors (Lipinski definition) is 2. The molecule has 2 heteroatoms. The van der Waals surface area contributed by atoms with E-state index in [0.717, 1.165) is 24.9 Å². The molecular formula is C20H23NO. The molecule has 2 aromatic rings. The summed E-state index contributed by atoms with van der Waals surface area (Å²) in [5.41, 5.74) is 2.99. The van der Waals surface area contributed by atoms with Gasteiger partial charge < -0.3 is 10.4 Å². The lowest BCUT2D eigenvalue weighted by Gasteiger charge is -2.37. The van der Waals surface area contributed by atoms with E-state index in [1.54, 1.807) is 0 Å². The molecule has 0 unspecified atom stereocenters. The van der Waals surface area contributed by atoms with Crippen molar-refractivity contribution >= 4 is 0 Å². The third-order valence-corrected chi connectivity index (χ3v) is 5.41. The minimum Gasteiger partial charge on any atom is -0.383 e. The first-order chi connectivity index (χ1) is 10.8. The second-order valence-electron chi connectivity index (χ2n) is 6.68. The van der Waals surface area contributed by atoms with E-state index >= 15 is 0 Å². The van der Waals surface area contributed by atoms with Gasteiger partial charge in [-0.3, -0.25) is 0 Å². The van der Waals surface area contributed by atoms with Crippen LogP contribution in [0.4, 0.5) is 0 Å². The largest absolute Gasteiger partial charge is 0.383 e. The summed E-state index contributed by atoms with van der Waals surface area (Å²) < 4.78 is 0. The van der Waals surface area contributed by atoms with Gasteiger partial charge in [0.15, 0.2) is 0 Å². The van der Waals surface area contributed by atoms with Crippen molar-refractivity contribution in [3.05, 3.63) is 71.3 Å². The second-order valence-corrected chi connectivity index (χ2v) is 6.68. The molecule has 0 spiro atoms. The van der Waals surface area contributed by atoms with Crippen LogP contribution in [0.1, 0.15) is 48.3 Å². The van der Waals surface area contributed by atoms with Gasteiger partial charge >= 0.3 is 0 Å². The van der Waals surface area contributed by atoms with E-state index in [9.17, 15) is 5.11 Å². The first-order valence-corrected chi connectivity index (χ1v) is 8.39. The Morgan fingerprint density at radius 1 is 0.955 bits per heavy atom. The number of nitrogens with one attached hydrogen (secondary N) is 1. The van der Waals surface area contributed by atoms with Gasteiger partial charge in [-0.2, -0.15) is 0 Å². The average molecular weight is 293 g/mol. The molecule has 4 rings (SSSR count). The lowest BCUT2D eigenvalue weighted by molar-refractivity contribution is -0.0128. The van der Waals surface area contributed by atoms with Crippen LogP contribution in [0.25, 0.3) is 0 Å². The molecule has 0 saturated carbocycles. The van der Waals surface area contributed by atoms with Crippen LogP contribution in [0.15, 0.2) is 54.6 Å². The molecule has 2 N–H and O–H groups in total. The molecule has 114 valence electrons. The maximum Gasteiger partial charge on any atom is 0.106 e. The zero-order valence-electron chi connectivity index (χ0n) is 12.8. The van der Waals surface area contributed by atoms with Crippen molar-refractivity contribution in [2.45, 2.75) is 43.2 Å². The van der Waals surface area contributed by atoms with E-state index in [4.69, 9.17) is 0 Å². The SMILES string of the molecule is O[C@]1([C@H]2CCCCN2)C[C@H](c2ccccc2)c2ccccc21. The number of piperidine rings is 1. The summed E-state index contributed by atoms with van der Waals surface area (Å²) in [5, 5.41) is 15.1. The molecule has 2 nitrogen and oxygen atoms in total. The maximum atomic E-state index is 11.5. The Morgan fingerprint density at radius 2 is 1.73 bits per heavy atom. The van der Waals surface area contributed by atoms with Crippen molar-refractivity contribution in [2.24, 2.45) is 0 Å². The minimum atomic E-state index is -0.739. The number of hydrogen-bond donors (Lipinski definition) is 2. The van der Waals surface area contributed by atoms with Crippen molar-refractivity contribution in [3.8, 4) is 0 Å². The van der Waals surface area contributed by atoms with E-state index in [0.29, 0.717) is 5.92 Å². The Balaban J connectivity index is 1.76. The lowest BCUT2D eigenvalue weighted by atomic mass is 9.82. The topological polar surface area (TPSA) is 32.3 Å². The van der Waals surface area contributed by atoms with Crippen molar-refractivity contribution in [2.75, 3.05) is 6.54 Å². The van der Waals surface area contributed by atoms with Crippen LogP contribution in [-0.4, -0.2) is 17.7 Å². The summed E-state index contributed by atoms with van der Waals surface area (Å²) in [5.74, 6) is 0.297. The molecule has 0 aromatic heterocycles. The molecule has 0 radical (unpaired) electrons. The standard InChI is InChI=1S/C20H23NO/c22-20(19-12-6-7-13-21-19)14-17(15-8-2-1-3-9-15)16-10-4-5-11-18(16)20/h1-5,8-11,17,19,21-22H,6-7,12-14H2/t17-,19-,20-/m1/s1. The molecule has 22 heavy (non-hydrogen) atoms. The fourth-order valence-corrected chi connectivity index (χ4v) is 4.30. The third kappa shape index (κ3) is 2.18. The number of benzene rings is 2. The first-order valence-electron chi connectivity index (χ1n) is 8.39. The van der Waals surface area contributed by atoms with Gasteiger partial charge in [-0.15, -0.1) is 0 Å². The van der Waals surface area contributed by atoms with Crippen LogP contribution in [0.5, 0.6) is 0 Å². The number of rotatable bonds is 2. The fraction of sp³-hybridized carbons (Fsp3) is 0.400. The smallest absolute Gasteiger partial charge is 0.106 e. The zero-order chi connectivity index (χ0) is 15.0. The number of fused-ring (bicyclic) bond motifs is 1. The van der Waals surface area contributed by atoms with Crippen LogP contribution >= 0.6 is 0 Å². The lowest BCUT2D eigenvalue weighted by Crippen LogP contribution is -2.49. The molecule has 1 fully saturated rings. The summed E-state index contributed by atoms with van der Waals surface area (Å²) in [7, 11) is 0. The van der Waals surface area contributed by atoms with Crippen LogP contribution < -0.4 is 5.32 Å². The van der Waals surface area contributed by atoms with Crippen molar-refractivity contribution < 1.29 is 5.11 Å². The molecule has 2 aliphatic rings. The van der Waals surface area contributed by atoms with Crippen LogP contribution in [0.2, 0.25) is 0 Å². The highest BCUT2D eigenvalue weighted by atomic mass is 16.3. The third-order valence-electron chi connectivity index (χ3n) is 5.41. The van der Waals surface area contributed by atoms with Crippen molar-refractivity contribution in [1.29, 1.82) is 0 Å². The van der Waals surface area contributed by atoms with Gasteiger partial charge in [-0.25, -0.2) is 0 Å². The van der Waals surface area contributed by atoms with Gasteiger partial charge in [0.25, 0.3) is 0 Å². The molecule has 1 saturated heterocycles. The van der Waals surface area contributed by atoms with Gasteiger partial charge in [0.05, 0.1) is 0 Å². The molecule has 1 heterocycles. The summed E-state index contributed by atoms with van der Waals surface area (Å²) in [6.07, 6.45) is 4.27. The van der Waals surface area contributed by atoms with Crippen LogP contribution in [0, 0.1) is 0 Å². The predicted molar refractivity (Wildman–Crippen MR) is 88.9 cm³/mol. The van der Waals surface area contributed by atoms with Crippen molar-refractivity contribution in [1.82, 2.24) is 5.32 Å². The van der Waals surface area contributed by atoms with Gasteiger partial charge in [0, 0.05) is 12.0 Å². The zero-order valence-corrected chi connectivity index (χ0v) is 12.8. The quantitative estimate of drug-likeness (QED) is 0.887. The number of aliphatic hydroxyl groups is 1. The van der Waals surface area contributed by atoms with E-state index < -0.39 is 5.60 Å². The van der Waals surface area contributed by atoms with Crippen LogP contribution in [-0.2, 0) is 5.60 Å². The fourth-order valence-electron chi connectivity index (χ4n) is 4.30. The molecule has 0 amide bonds. The van der Waals surface area contributed by atoms with E-state index in [2.05, 4.69) is 59.9 Å². The molecule has 1 aliphatic heterocycles. The van der Waals surface area contributed by atoms with Gasteiger partial charge in [0.2, 0.25) is 0 Å². The van der Waals surface area contributed by atoms with Crippen molar-refractivity contribution in [3.63, 3.8) is 0 Å². The molecule has 0 bridgehead atoms. The summed E-state index contributed by atoms with van der Waals surface area (Å²) in [4.78, 5) is 0. The Labute approximate surface area is 132 Å².